The van der Waals surface area contributed by atoms with Crippen LogP contribution in [0.4, 0.5) is 0 Å². The standard InChI is InChI=1S/C17H12N2O2/c1-18-15-14(12-8-4-2-5-9-12)17(21,19-16(15)20)13-10-6-3-7-11-13/h2-11,21H,(H,19,20). The zero-order valence-corrected chi connectivity index (χ0v) is 11.1. The van der Waals surface area contributed by atoms with E-state index in [1.807, 2.05) is 12.1 Å². The van der Waals surface area contributed by atoms with E-state index in [9.17, 15) is 9.90 Å². The maximum Gasteiger partial charge on any atom is 0.258 e. The van der Waals surface area contributed by atoms with E-state index in [-0.39, 0.29) is 5.70 Å². The van der Waals surface area contributed by atoms with E-state index in [0.29, 0.717) is 16.7 Å². The fraction of sp³-hybridized carbons (Fsp3) is 0.0588. The number of nitrogens with zero attached hydrogens (tertiary/aromatic N) is 1. The molecule has 0 bridgehead atoms. The van der Waals surface area contributed by atoms with Gasteiger partial charge in [0.25, 0.3) is 11.6 Å². The fourth-order valence-corrected chi connectivity index (χ4v) is 2.52. The largest absolute Gasteiger partial charge is 0.364 e. The molecule has 0 saturated carbocycles. The number of nitrogens with one attached hydrogen (secondary N) is 1. The first-order valence-corrected chi connectivity index (χ1v) is 6.45. The van der Waals surface area contributed by atoms with Crippen LogP contribution in [0.1, 0.15) is 11.1 Å². The molecule has 0 radical (unpaired) electrons. The topological polar surface area (TPSA) is 53.7 Å². The molecule has 1 unspecified atom stereocenters. The highest BCUT2D eigenvalue weighted by Gasteiger charge is 2.45. The van der Waals surface area contributed by atoms with Crippen LogP contribution in [0.15, 0.2) is 66.4 Å². The third kappa shape index (κ3) is 2.00. The molecule has 102 valence electrons. The molecule has 0 fully saturated rings. The highest BCUT2D eigenvalue weighted by molar-refractivity contribution is 6.09. The van der Waals surface area contributed by atoms with Gasteiger partial charge in [-0.2, -0.15) is 0 Å². The van der Waals surface area contributed by atoms with Crippen LogP contribution in [0.5, 0.6) is 0 Å². The van der Waals surface area contributed by atoms with Crippen LogP contribution in [-0.4, -0.2) is 11.0 Å². The molecule has 21 heavy (non-hydrogen) atoms. The summed E-state index contributed by atoms with van der Waals surface area (Å²) in [5, 5.41) is 13.5. The summed E-state index contributed by atoms with van der Waals surface area (Å²) in [6, 6.07) is 17.8. The number of benzene rings is 2. The summed E-state index contributed by atoms with van der Waals surface area (Å²) in [6.07, 6.45) is 0. The predicted octanol–water partition coefficient (Wildman–Crippen LogP) is 2.29. The number of carbonyl (C=O) groups is 1. The van der Waals surface area contributed by atoms with E-state index >= 15 is 0 Å². The van der Waals surface area contributed by atoms with E-state index < -0.39 is 11.6 Å². The van der Waals surface area contributed by atoms with Gasteiger partial charge in [-0.1, -0.05) is 60.7 Å². The molecule has 4 heteroatoms. The Morgan fingerprint density at radius 2 is 1.57 bits per heavy atom. The molecule has 1 heterocycles. The summed E-state index contributed by atoms with van der Waals surface area (Å²) in [4.78, 5) is 15.3. The Kier molecular flexibility index (Phi) is 3.05. The molecule has 0 spiro atoms. The maximum atomic E-state index is 12.0. The monoisotopic (exact) mass is 276 g/mol. The van der Waals surface area contributed by atoms with Gasteiger partial charge in [0.2, 0.25) is 0 Å². The molecule has 0 aromatic heterocycles. The molecular formula is C17H12N2O2. The maximum absolute atomic E-state index is 12.0. The lowest BCUT2D eigenvalue weighted by atomic mass is 9.90. The zero-order chi connectivity index (χ0) is 14.9. The Bertz CT molecular complexity index is 760. The van der Waals surface area contributed by atoms with Gasteiger partial charge in [0.1, 0.15) is 0 Å². The first kappa shape index (κ1) is 13.1. The second kappa shape index (κ2) is 4.89. The smallest absolute Gasteiger partial charge is 0.258 e. The normalized spacial score (nSPS) is 21.0. The Balaban J connectivity index is 2.26. The van der Waals surface area contributed by atoms with E-state index in [1.165, 1.54) is 0 Å². The number of carbonyl (C=O) groups excluding carboxylic acids is 1. The van der Waals surface area contributed by atoms with Crippen molar-refractivity contribution in [3.8, 4) is 0 Å². The Hall–Kier alpha value is -2.90. The average Bonchev–Trinajstić information content (AvgIpc) is 2.80. The first-order valence-electron chi connectivity index (χ1n) is 6.45. The third-order valence-electron chi connectivity index (χ3n) is 3.47. The van der Waals surface area contributed by atoms with Gasteiger partial charge in [-0.3, -0.25) is 4.79 Å². The summed E-state index contributed by atoms with van der Waals surface area (Å²) < 4.78 is 0. The summed E-state index contributed by atoms with van der Waals surface area (Å²) in [5.74, 6) is -0.560. The summed E-state index contributed by atoms with van der Waals surface area (Å²) in [7, 11) is 0. The summed E-state index contributed by atoms with van der Waals surface area (Å²) in [5.41, 5.74) is -0.287. The van der Waals surface area contributed by atoms with Crippen molar-refractivity contribution in [2.24, 2.45) is 0 Å². The highest BCUT2D eigenvalue weighted by atomic mass is 16.3. The van der Waals surface area contributed by atoms with Gasteiger partial charge < -0.3 is 10.4 Å². The molecule has 0 aliphatic carbocycles. The lowest BCUT2D eigenvalue weighted by molar-refractivity contribution is -0.120. The Labute approximate surface area is 122 Å². The molecule has 1 atom stereocenters. The Morgan fingerprint density at radius 3 is 2.14 bits per heavy atom. The molecule has 4 nitrogen and oxygen atoms in total. The van der Waals surface area contributed by atoms with Crippen LogP contribution in [0.3, 0.4) is 0 Å². The molecule has 3 rings (SSSR count). The van der Waals surface area contributed by atoms with Gasteiger partial charge in [-0.25, -0.2) is 4.85 Å². The minimum absolute atomic E-state index is 0.0763. The minimum Gasteiger partial charge on any atom is -0.364 e. The molecule has 2 aromatic rings. The van der Waals surface area contributed by atoms with E-state index in [2.05, 4.69) is 10.2 Å². The third-order valence-corrected chi connectivity index (χ3v) is 3.47. The molecule has 0 saturated heterocycles. The van der Waals surface area contributed by atoms with Gasteiger partial charge >= 0.3 is 0 Å². The van der Waals surface area contributed by atoms with Crippen LogP contribution in [-0.2, 0) is 10.5 Å². The number of rotatable bonds is 2. The van der Waals surface area contributed by atoms with Crippen LogP contribution in [0.25, 0.3) is 10.4 Å². The van der Waals surface area contributed by atoms with Crippen LogP contribution < -0.4 is 5.32 Å². The SMILES string of the molecule is [C-]#[N+]C1=C(c2ccccc2)C(O)(c2ccccc2)NC1=O. The Morgan fingerprint density at radius 1 is 1.00 bits per heavy atom. The van der Waals surface area contributed by atoms with Crippen molar-refractivity contribution < 1.29 is 9.90 Å². The summed E-state index contributed by atoms with van der Waals surface area (Å²) >= 11 is 0. The number of aliphatic hydroxyl groups is 1. The first-order chi connectivity index (χ1) is 10.2. The quantitative estimate of drug-likeness (QED) is 0.827. The molecule has 2 aromatic carbocycles. The van der Waals surface area contributed by atoms with Gasteiger partial charge in [0, 0.05) is 11.1 Å². The van der Waals surface area contributed by atoms with Crippen molar-refractivity contribution >= 4 is 11.5 Å². The van der Waals surface area contributed by atoms with Gasteiger partial charge in [0.05, 0.1) is 6.57 Å². The van der Waals surface area contributed by atoms with Crippen LogP contribution in [0, 0.1) is 6.57 Å². The number of hydrogen-bond donors (Lipinski definition) is 2. The highest BCUT2D eigenvalue weighted by Crippen LogP contribution is 2.41. The average molecular weight is 276 g/mol. The lowest BCUT2D eigenvalue weighted by Crippen LogP contribution is -2.41. The fourth-order valence-electron chi connectivity index (χ4n) is 2.52. The van der Waals surface area contributed by atoms with Crippen LogP contribution in [0.2, 0.25) is 0 Å². The minimum atomic E-state index is -1.68. The summed E-state index contributed by atoms with van der Waals surface area (Å²) in [6.45, 7) is 7.24. The van der Waals surface area contributed by atoms with Gasteiger partial charge in [0.15, 0.2) is 5.72 Å². The van der Waals surface area contributed by atoms with Gasteiger partial charge in [-0.05, 0) is 5.56 Å². The molecule has 2 N–H and O–H groups in total. The molecule has 1 aliphatic heterocycles. The molecule has 1 amide bonds. The second-order valence-electron chi connectivity index (χ2n) is 4.73. The van der Waals surface area contributed by atoms with Crippen molar-refractivity contribution in [3.05, 3.63) is 88.9 Å². The lowest BCUT2D eigenvalue weighted by Gasteiger charge is -2.27. The van der Waals surface area contributed by atoms with Crippen molar-refractivity contribution in [2.75, 3.05) is 0 Å². The number of hydrogen-bond acceptors (Lipinski definition) is 2. The van der Waals surface area contributed by atoms with Crippen molar-refractivity contribution in [1.82, 2.24) is 5.32 Å². The van der Waals surface area contributed by atoms with Crippen molar-refractivity contribution in [1.29, 1.82) is 0 Å². The van der Waals surface area contributed by atoms with Gasteiger partial charge in [-0.15, -0.1) is 0 Å². The number of amides is 1. The molecule has 1 aliphatic rings. The zero-order valence-electron chi connectivity index (χ0n) is 11.1. The van der Waals surface area contributed by atoms with Crippen molar-refractivity contribution in [3.63, 3.8) is 0 Å². The molecular weight excluding hydrogens is 264 g/mol. The van der Waals surface area contributed by atoms with E-state index in [4.69, 9.17) is 6.57 Å². The van der Waals surface area contributed by atoms with E-state index in [1.54, 1.807) is 48.5 Å². The second-order valence-corrected chi connectivity index (χ2v) is 4.73. The van der Waals surface area contributed by atoms with Crippen LogP contribution >= 0.6 is 0 Å². The van der Waals surface area contributed by atoms with Crippen molar-refractivity contribution in [2.45, 2.75) is 5.72 Å². The predicted molar refractivity (Wildman–Crippen MR) is 78.4 cm³/mol. The van der Waals surface area contributed by atoms with E-state index in [0.717, 1.165) is 0 Å².